The maximum absolute atomic E-state index is 14.5. The molecule has 0 atom stereocenters. The van der Waals surface area contributed by atoms with Crippen LogP contribution in [0.1, 0.15) is 35.1 Å². The second kappa shape index (κ2) is 9.40. The van der Waals surface area contributed by atoms with Gasteiger partial charge in [-0.25, -0.2) is 9.18 Å². The smallest absolute Gasteiger partial charge is 0.369 e. The minimum atomic E-state index is -4.54. The molecule has 1 aromatic heterocycles. The molecular weight excluding hydrogens is 474 g/mol. The number of nitrogens with zero attached hydrogens (tertiary/aromatic N) is 5. The third-order valence-corrected chi connectivity index (χ3v) is 6.92. The van der Waals surface area contributed by atoms with E-state index in [0.29, 0.717) is 38.2 Å². The first kappa shape index (κ1) is 24.0. The first-order valence-corrected chi connectivity index (χ1v) is 11.8. The number of para-hydroxylation sites is 1. The van der Waals surface area contributed by atoms with E-state index < -0.39 is 17.8 Å². The highest BCUT2D eigenvalue weighted by atomic mass is 19.4. The number of anilines is 2. The van der Waals surface area contributed by atoms with Crippen molar-refractivity contribution in [1.82, 2.24) is 15.1 Å². The van der Waals surface area contributed by atoms with Gasteiger partial charge in [0.05, 0.1) is 30.5 Å². The summed E-state index contributed by atoms with van der Waals surface area (Å²) in [5.41, 5.74) is 1.36. The number of rotatable bonds is 4. The number of aromatic nitrogens is 2. The molecule has 2 aliphatic heterocycles. The zero-order valence-electron chi connectivity index (χ0n) is 19.7. The Labute approximate surface area is 206 Å². The fourth-order valence-corrected chi connectivity index (χ4v) is 5.16. The van der Waals surface area contributed by atoms with Gasteiger partial charge in [0.15, 0.2) is 5.82 Å². The molecule has 0 N–H and O–H groups in total. The van der Waals surface area contributed by atoms with Crippen LogP contribution in [0.3, 0.4) is 0 Å². The quantitative estimate of drug-likeness (QED) is 0.442. The summed E-state index contributed by atoms with van der Waals surface area (Å²) in [4.78, 5) is 18.6. The second-order valence-electron chi connectivity index (χ2n) is 9.16. The van der Waals surface area contributed by atoms with Gasteiger partial charge in [0.1, 0.15) is 5.82 Å². The molecule has 0 spiro atoms. The summed E-state index contributed by atoms with van der Waals surface area (Å²) in [5.74, 6) is -0.000323. The number of alkyl halides is 3. The summed E-state index contributed by atoms with van der Waals surface area (Å²) >= 11 is 0. The fraction of sp³-hybridized carbons (Fsp3) is 0.346. The lowest BCUT2D eigenvalue weighted by Gasteiger charge is -2.44. The number of halogens is 4. The minimum absolute atomic E-state index is 0.0124. The van der Waals surface area contributed by atoms with Gasteiger partial charge in [-0.2, -0.15) is 18.3 Å². The van der Waals surface area contributed by atoms with Crippen molar-refractivity contribution in [3.05, 3.63) is 82.8 Å². The number of carbonyl (C=O) groups is 1. The summed E-state index contributed by atoms with van der Waals surface area (Å²) in [6.45, 7) is 3.02. The van der Waals surface area contributed by atoms with E-state index in [1.807, 2.05) is 17.9 Å². The predicted molar refractivity (Wildman–Crippen MR) is 127 cm³/mol. The van der Waals surface area contributed by atoms with Crippen LogP contribution in [0.15, 0.2) is 54.7 Å². The van der Waals surface area contributed by atoms with E-state index in [2.05, 4.69) is 10.2 Å². The van der Waals surface area contributed by atoms with E-state index in [4.69, 9.17) is 0 Å². The van der Waals surface area contributed by atoms with Crippen LogP contribution >= 0.6 is 0 Å². The number of hydrogen-bond donors (Lipinski definition) is 0. The molecule has 1 fully saturated rings. The van der Waals surface area contributed by atoms with Crippen LogP contribution in [0.25, 0.3) is 0 Å². The molecule has 36 heavy (non-hydrogen) atoms. The summed E-state index contributed by atoms with van der Waals surface area (Å²) in [6, 6.07) is 11.4. The molecule has 10 heteroatoms. The van der Waals surface area contributed by atoms with E-state index >= 15 is 0 Å². The molecule has 1 saturated heterocycles. The average Bonchev–Trinajstić information content (AvgIpc) is 2.86. The van der Waals surface area contributed by atoms with Crippen molar-refractivity contribution < 1.29 is 22.4 Å². The monoisotopic (exact) mass is 499 g/mol. The Morgan fingerprint density at radius 1 is 1.03 bits per heavy atom. The maximum atomic E-state index is 14.5. The Morgan fingerprint density at radius 2 is 1.78 bits per heavy atom. The zero-order chi connectivity index (χ0) is 25.4. The van der Waals surface area contributed by atoms with E-state index in [0.717, 1.165) is 17.2 Å². The van der Waals surface area contributed by atoms with E-state index in [1.165, 1.54) is 35.4 Å². The second-order valence-corrected chi connectivity index (χ2v) is 9.16. The number of urea groups is 1. The van der Waals surface area contributed by atoms with Gasteiger partial charge in [0.2, 0.25) is 0 Å². The third kappa shape index (κ3) is 4.47. The predicted octanol–water partition coefficient (Wildman–Crippen LogP) is 5.55. The van der Waals surface area contributed by atoms with Crippen LogP contribution in [0, 0.1) is 12.7 Å². The maximum Gasteiger partial charge on any atom is 0.416 e. The molecule has 3 aromatic rings. The van der Waals surface area contributed by atoms with Crippen LogP contribution in [0.5, 0.6) is 0 Å². The van der Waals surface area contributed by atoms with Crippen molar-refractivity contribution in [2.45, 2.75) is 45.1 Å². The Balaban J connectivity index is 1.39. The molecule has 3 heterocycles. The van der Waals surface area contributed by atoms with Gasteiger partial charge in [0.25, 0.3) is 0 Å². The Bertz CT molecular complexity index is 1250. The Morgan fingerprint density at radius 3 is 2.50 bits per heavy atom. The molecule has 0 unspecified atom stereocenters. The number of aryl methyl sites for hydroxylation is 1. The van der Waals surface area contributed by atoms with Crippen molar-refractivity contribution in [1.29, 1.82) is 0 Å². The van der Waals surface area contributed by atoms with E-state index in [9.17, 15) is 22.4 Å². The van der Waals surface area contributed by atoms with Crippen LogP contribution in [0.4, 0.5) is 33.9 Å². The zero-order valence-corrected chi connectivity index (χ0v) is 19.7. The number of piperidine rings is 1. The highest BCUT2D eigenvalue weighted by Crippen LogP contribution is 2.36. The molecule has 0 aliphatic carbocycles. The number of benzene rings is 2. The molecule has 0 radical (unpaired) electrons. The molecular formula is C26H25F4N5O. The fourth-order valence-electron chi connectivity index (χ4n) is 5.16. The van der Waals surface area contributed by atoms with Crippen molar-refractivity contribution in [3.8, 4) is 0 Å². The summed E-state index contributed by atoms with van der Waals surface area (Å²) in [6.07, 6.45) is -1.81. The van der Waals surface area contributed by atoms with E-state index in [1.54, 1.807) is 17.0 Å². The summed E-state index contributed by atoms with van der Waals surface area (Å²) in [5, 5.41) is 7.95. The first-order chi connectivity index (χ1) is 17.2. The Kier molecular flexibility index (Phi) is 6.27. The molecule has 2 aromatic carbocycles. The lowest BCUT2D eigenvalue weighted by molar-refractivity contribution is -0.138. The van der Waals surface area contributed by atoms with Gasteiger partial charge in [0, 0.05) is 24.7 Å². The number of hydrogen-bond acceptors (Lipinski definition) is 4. The summed E-state index contributed by atoms with van der Waals surface area (Å²) in [7, 11) is 0. The largest absolute Gasteiger partial charge is 0.416 e. The highest BCUT2D eigenvalue weighted by Gasteiger charge is 2.39. The average molecular weight is 500 g/mol. The van der Waals surface area contributed by atoms with Gasteiger partial charge >= 0.3 is 12.2 Å². The molecule has 0 saturated carbocycles. The third-order valence-electron chi connectivity index (χ3n) is 6.92. The molecule has 5 rings (SSSR count). The molecule has 2 amide bonds. The van der Waals surface area contributed by atoms with Gasteiger partial charge in [-0.1, -0.05) is 30.3 Å². The highest BCUT2D eigenvalue weighted by molar-refractivity contribution is 5.93. The van der Waals surface area contributed by atoms with Crippen LogP contribution in [0.2, 0.25) is 0 Å². The van der Waals surface area contributed by atoms with Crippen LogP contribution < -0.4 is 9.80 Å². The molecule has 6 nitrogen and oxygen atoms in total. The summed E-state index contributed by atoms with van der Waals surface area (Å²) < 4.78 is 55.4. The van der Waals surface area contributed by atoms with Crippen LogP contribution in [-0.2, 0) is 19.3 Å². The van der Waals surface area contributed by atoms with Crippen LogP contribution in [-0.4, -0.2) is 40.3 Å². The lowest BCUT2D eigenvalue weighted by atomic mass is 9.99. The SMILES string of the molecule is Cc1cccc(F)c1N1CCC(N2Cc3ccnnc3N(Cc3ccccc3C(F)(F)F)C2=O)CC1. The van der Waals surface area contributed by atoms with Crippen molar-refractivity contribution in [2.24, 2.45) is 0 Å². The van der Waals surface area contributed by atoms with Crippen molar-refractivity contribution >= 4 is 17.5 Å². The topological polar surface area (TPSA) is 52.6 Å². The number of carbonyl (C=O) groups excluding carboxylic acids is 1. The van der Waals surface area contributed by atoms with Gasteiger partial charge in [-0.05, 0) is 49.1 Å². The lowest BCUT2D eigenvalue weighted by Crippen LogP contribution is -2.54. The normalized spacial score (nSPS) is 16.9. The van der Waals surface area contributed by atoms with Crippen molar-refractivity contribution in [2.75, 3.05) is 22.9 Å². The number of fused-ring (bicyclic) bond motifs is 1. The van der Waals surface area contributed by atoms with Gasteiger partial charge < -0.3 is 9.80 Å². The Hall–Kier alpha value is -3.69. The standard InChI is InChI=1S/C26H25F4N5O/c1-17-5-4-8-22(27)23(17)33-13-10-20(11-14-33)34-16-19-9-12-31-32-24(19)35(25(34)36)15-18-6-2-3-7-21(18)26(28,29)30/h2-9,12,20H,10-11,13-16H2,1H3. The first-order valence-electron chi connectivity index (χ1n) is 11.8. The minimum Gasteiger partial charge on any atom is -0.369 e. The number of amides is 2. The molecule has 2 aliphatic rings. The molecule has 188 valence electrons. The van der Waals surface area contributed by atoms with Gasteiger partial charge in [-0.3, -0.25) is 4.90 Å². The molecule has 0 bridgehead atoms. The van der Waals surface area contributed by atoms with E-state index in [-0.39, 0.29) is 29.8 Å². The van der Waals surface area contributed by atoms with Gasteiger partial charge in [-0.15, -0.1) is 5.10 Å². The van der Waals surface area contributed by atoms with Crippen molar-refractivity contribution in [3.63, 3.8) is 0 Å².